The molecule has 0 bridgehead atoms. The summed E-state index contributed by atoms with van der Waals surface area (Å²) in [6.07, 6.45) is -2.77. The SMILES string of the molecule is [2H]C([2H])([2H])C([2H])([2H])COP(=O)(O)O. The Morgan fingerprint density at radius 2 is 2.62 bits per heavy atom. The molecule has 0 aromatic heterocycles. The van der Waals surface area contributed by atoms with Gasteiger partial charge in [-0.15, -0.1) is 0 Å². The number of phosphoric acid groups is 1. The molecule has 0 spiro atoms. The first-order valence-corrected chi connectivity index (χ1v) is 3.19. The fraction of sp³-hybridized carbons (Fsp3) is 1.00. The maximum atomic E-state index is 10.1. The Balaban J connectivity index is 4.29. The number of phosphoric ester groups is 1. The van der Waals surface area contributed by atoms with Crippen molar-refractivity contribution in [2.75, 3.05) is 6.61 Å². The van der Waals surface area contributed by atoms with Crippen molar-refractivity contribution in [3.05, 3.63) is 0 Å². The first kappa shape index (κ1) is 2.80. The van der Waals surface area contributed by atoms with Crippen molar-refractivity contribution in [3.8, 4) is 0 Å². The van der Waals surface area contributed by atoms with E-state index < -0.39 is 27.7 Å². The standard InChI is InChI=1S/C3H9O4P/c1-2-3-7-8(4,5)6/h2-3H2,1H3,(H2,4,5,6)/i1D3,2D2. The lowest BCUT2D eigenvalue weighted by Gasteiger charge is -2.00. The van der Waals surface area contributed by atoms with Gasteiger partial charge in [0.2, 0.25) is 0 Å². The van der Waals surface area contributed by atoms with Crippen LogP contribution in [0.1, 0.15) is 20.1 Å². The highest BCUT2D eigenvalue weighted by Gasteiger charge is 2.11. The van der Waals surface area contributed by atoms with Crippen molar-refractivity contribution in [2.24, 2.45) is 0 Å². The maximum absolute atomic E-state index is 10.1. The lowest BCUT2D eigenvalue weighted by atomic mass is 10.5. The summed E-state index contributed by atoms with van der Waals surface area (Å²) in [4.78, 5) is 16.4. The largest absolute Gasteiger partial charge is 0.469 e. The second-order valence-corrected chi connectivity index (χ2v) is 2.18. The second kappa shape index (κ2) is 3.20. The summed E-state index contributed by atoms with van der Waals surface area (Å²) in [6, 6.07) is 0. The Kier molecular flexibility index (Phi) is 1.12. The van der Waals surface area contributed by atoms with Gasteiger partial charge in [0.25, 0.3) is 0 Å². The molecule has 0 aromatic rings. The van der Waals surface area contributed by atoms with Crippen LogP contribution >= 0.6 is 7.82 Å². The van der Waals surface area contributed by atoms with Crippen LogP contribution in [0.2, 0.25) is 0 Å². The molecule has 0 radical (unpaired) electrons. The third kappa shape index (κ3) is 6.11. The summed E-state index contributed by atoms with van der Waals surface area (Å²) < 4.78 is 47.7. The zero-order valence-corrected chi connectivity index (χ0v) is 4.76. The molecular formula is C3H9O4P. The zero-order chi connectivity index (χ0) is 10.9. The summed E-state index contributed by atoms with van der Waals surface area (Å²) in [5.74, 6) is 0. The molecule has 0 saturated heterocycles. The van der Waals surface area contributed by atoms with Crippen LogP contribution in [0.25, 0.3) is 0 Å². The highest BCUT2D eigenvalue weighted by atomic mass is 31.2. The van der Waals surface area contributed by atoms with E-state index in [1.807, 2.05) is 0 Å². The molecule has 0 fully saturated rings. The Morgan fingerprint density at radius 1 is 2.00 bits per heavy atom. The minimum absolute atomic E-state index is 1.17. The second-order valence-electron chi connectivity index (χ2n) is 0.941. The van der Waals surface area contributed by atoms with Crippen LogP contribution in [-0.4, -0.2) is 16.4 Å². The van der Waals surface area contributed by atoms with Gasteiger partial charge in [0.05, 0.1) is 6.61 Å². The summed E-state index contributed by atoms with van der Waals surface area (Å²) in [7, 11) is -4.82. The maximum Gasteiger partial charge on any atom is 0.469 e. The lowest BCUT2D eigenvalue weighted by Crippen LogP contribution is -1.88. The van der Waals surface area contributed by atoms with Gasteiger partial charge in [-0.3, -0.25) is 4.52 Å². The molecule has 4 nitrogen and oxygen atoms in total. The van der Waals surface area contributed by atoms with Gasteiger partial charge in [0.1, 0.15) is 0 Å². The molecule has 0 aliphatic heterocycles. The fourth-order valence-corrected chi connectivity index (χ4v) is 0.349. The first-order chi connectivity index (χ1) is 5.46. The molecule has 0 aliphatic carbocycles. The molecule has 0 rings (SSSR count). The van der Waals surface area contributed by atoms with Gasteiger partial charge in [-0.1, -0.05) is 6.85 Å². The molecule has 0 aromatic carbocycles. The highest BCUT2D eigenvalue weighted by molar-refractivity contribution is 7.46. The van der Waals surface area contributed by atoms with Crippen molar-refractivity contribution in [1.82, 2.24) is 0 Å². The summed E-state index contributed by atoms with van der Waals surface area (Å²) >= 11 is 0. The van der Waals surface area contributed by atoms with Crippen LogP contribution in [-0.2, 0) is 9.09 Å². The first-order valence-electron chi connectivity index (χ1n) is 4.16. The van der Waals surface area contributed by atoms with E-state index in [2.05, 4.69) is 4.52 Å². The topological polar surface area (TPSA) is 66.8 Å². The van der Waals surface area contributed by atoms with Gasteiger partial charge >= 0.3 is 7.82 Å². The molecular weight excluding hydrogens is 131 g/mol. The summed E-state index contributed by atoms with van der Waals surface area (Å²) in [6.45, 7) is -4.14. The van der Waals surface area contributed by atoms with Crippen molar-refractivity contribution in [1.29, 1.82) is 0 Å². The van der Waals surface area contributed by atoms with Crippen LogP contribution in [0.3, 0.4) is 0 Å². The van der Waals surface area contributed by atoms with Crippen molar-refractivity contribution in [2.45, 2.75) is 13.2 Å². The summed E-state index contributed by atoms with van der Waals surface area (Å²) in [5, 5.41) is 0. The van der Waals surface area contributed by atoms with E-state index in [1.54, 1.807) is 0 Å². The lowest BCUT2D eigenvalue weighted by molar-refractivity contribution is 0.197. The third-order valence-corrected chi connectivity index (χ3v) is 0.770. The number of hydrogen-bond donors (Lipinski definition) is 2. The normalized spacial score (nSPS) is 24.5. The summed E-state index contributed by atoms with van der Waals surface area (Å²) in [5.41, 5.74) is 0. The van der Waals surface area contributed by atoms with Gasteiger partial charge in [-0.2, -0.15) is 0 Å². The highest BCUT2D eigenvalue weighted by Crippen LogP contribution is 2.35. The van der Waals surface area contributed by atoms with Crippen LogP contribution in [0.5, 0.6) is 0 Å². The van der Waals surface area contributed by atoms with Gasteiger partial charge in [-0.25, -0.2) is 4.57 Å². The predicted molar refractivity (Wildman–Crippen MR) is 28.3 cm³/mol. The monoisotopic (exact) mass is 145 g/mol. The minimum atomic E-state index is -4.82. The Bertz CT molecular complexity index is 218. The Labute approximate surface area is 54.7 Å². The molecule has 0 saturated carbocycles. The minimum Gasteiger partial charge on any atom is -0.303 e. The third-order valence-electron chi connectivity index (χ3n) is 0.305. The van der Waals surface area contributed by atoms with E-state index in [4.69, 9.17) is 16.6 Å². The van der Waals surface area contributed by atoms with Gasteiger partial charge in [0, 0.05) is 6.85 Å². The molecule has 0 aliphatic rings. The predicted octanol–water partition coefficient (Wildman–Crippen LogP) is 0.506. The van der Waals surface area contributed by atoms with Crippen LogP contribution in [0.15, 0.2) is 0 Å². The molecule has 0 amide bonds. The Hall–Kier alpha value is 0.110. The van der Waals surface area contributed by atoms with Crippen LogP contribution in [0, 0.1) is 0 Å². The van der Waals surface area contributed by atoms with Crippen LogP contribution < -0.4 is 0 Å². The van der Waals surface area contributed by atoms with Crippen LogP contribution in [0.4, 0.5) is 0 Å². The van der Waals surface area contributed by atoms with Crippen molar-refractivity contribution < 1.29 is 25.7 Å². The zero-order valence-electron chi connectivity index (χ0n) is 8.87. The molecule has 0 unspecified atom stereocenters. The fourth-order valence-electron chi connectivity index (χ4n) is 0.116. The van der Waals surface area contributed by atoms with Crippen molar-refractivity contribution >= 4 is 7.82 Å². The quantitative estimate of drug-likeness (QED) is 0.567. The van der Waals surface area contributed by atoms with Crippen molar-refractivity contribution in [3.63, 3.8) is 0 Å². The van der Waals surface area contributed by atoms with Gasteiger partial charge in [-0.05, 0) is 6.37 Å². The van der Waals surface area contributed by atoms with Gasteiger partial charge < -0.3 is 9.79 Å². The van der Waals surface area contributed by atoms with E-state index in [-0.39, 0.29) is 0 Å². The number of rotatable bonds is 3. The molecule has 0 heterocycles. The smallest absolute Gasteiger partial charge is 0.303 e. The molecule has 5 heteroatoms. The molecule has 8 heavy (non-hydrogen) atoms. The molecule has 2 N–H and O–H groups in total. The van der Waals surface area contributed by atoms with E-state index >= 15 is 0 Å². The average molecular weight is 145 g/mol. The van der Waals surface area contributed by atoms with E-state index in [1.165, 1.54) is 0 Å². The van der Waals surface area contributed by atoms with E-state index in [0.29, 0.717) is 0 Å². The molecule has 50 valence electrons. The van der Waals surface area contributed by atoms with Gasteiger partial charge in [0.15, 0.2) is 0 Å². The van der Waals surface area contributed by atoms with E-state index in [9.17, 15) is 4.57 Å². The molecule has 0 atom stereocenters. The Morgan fingerprint density at radius 3 is 3.00 bits per heavy atom. The number of hydrogen-bond acceptors (Lipinski definition) is 2. The average Bonchev–Trinajstić information content (AvgIpc) is 1.79. The van der Waals surface area contributed by atoms with E-state index in [0.717, 1.165) is 0 Å².